The van der Waals surface area contributed by atoms with E-state index in [9.17, 15) is 24.3 Å². The van der Waals surface area contributed by atoms with E-state index in [1.54, 1.807) is 19.3 Å². The van der Waals surface area contributed by atoms with Crippen LogP contribution in [0.4, 0.5) is 0 Å². The number of H-pyrrole nitrogens is 2. The van der Waals surface area contributed by atoms with Crippen LogP contribution >= 0.6 is 12.6 Å². The molecule has 11 nitrogen and oxygen atoms in total. The van der Waals surface area contributed by atoms with Gasteiger partial charge in [-0.05, 0) is 35.6 Å². The van der Waals surface area contributed by atoms with Gasteiger partial charge < -0.3 is 36.8 Å². The molecule has 0 aliphatic rings. The van der Waals surface area contributed by atoms with Crippen LogP contribution in [-0.2, 0) is 32.0 Å². The van der Waals surface area contributed by atoms with E-state index < -0.39 is 47.9 Å². The molecule has 43 heavy (non-hydrogen) atoms. The number of aromatic amines is 2. The van der Waals surface area contributed by atoms with Crippen molar-refractivity contribution >= 4 is 58.1 Å². The fraction of sp³-hybridized carbons (Fsp3) is 0.355. The number of nitrogens with two attached hydrogens (primary N) is 1. The average Bonchev–Trinajstić information content (AvgIpc) is 3.61. The zero-order valence-electron chi connectivity index (χ0n) is 24.1. The predicted octanol–water partition coefficient (Wildman–Crippen LogP) is 2.28. The number of aromatic nitrogens is 2. The number of thiol groups is 1. The summed E-state index contributed by atoms with van der Waals surface area (Å²) in [6.45, 7) is 3.57. The number of amides is 3. The van der Waals surface area contributed by atoms with Crippen LogP contribution in [0.25, 0.3) is 21.8 Å². The Hall–Kier alpha value is -4.29. The van der Waals surface area contributed by atoms with Gasteiger partial charge in [-0.1, -0.05) is 56.7 Å². The molecule has 5 atom stereocenters. The summed E-state index contributed by atoms with van der Waals surface area (Å²) >= 11 is 4.26. The van der Waals surface area contributed by atoms with Gasteiger partial charge in [-0.25, -0.2) is 4.79 Å². The summed E-state index contributed by atoms with van der Waals surface area (Å²) in [5.41, 5.74) is 9.63. The van der Waals surface area contributed by atoms with E-state index in [2.05, 4.69) is 38.5 Å². The zero-order valence-corrected chi connectivity index (χ0v) is 25.0. The number of carbonyl (C=O) groups excluding carboxylic acids is 3. The number of aliphatic carboxylic acids is 1. The van der Waals surface area contributed by atoms with Gasteiger partial charge in [-0.2, -0.15) is 12.6 Å². The molecule has 2 heterocycles. The molecular weight excluding hydrogens is 568 g/mol. The van der Waals surface area contributed by atoms with Crippen LogP contribution in [0.5, 0.6) is 0 Å². The molecule has 0 fully saturated rings. The second kappa shape index (κ2) is 14.3. The molecule has 0 spiro atoms. The molecule has 0 bridgehead atoms. The smallest absolute Gasteiger partial charge is 0.326 e. The van der Waals surface area contributed by atoms with Crippen LogP contribution in [-0.4, -0.2) is 68.7 Å². The molecule has 228 valence electrons. The maximum absolute atomic E-state index is 13.5. The maximum atomic E-state index is 13.5. The third-order valence-electron chi connectivity index (χ3n) is 7.78. The summed E-state index contributed by atoms with van der Waals surface area (Å²) in [5, 5.41) is 19.5. The fourth-order valence-electron chi connectivity index (χ4n) is 5.04. The summed E-state index contributed by atoms with van der Waals surface area (Å²) in [6.07, 6.45) is 4.42. The standard InChI is InChI=1S/C31H38N6O5S/c1-3-17(2)27(31(41)42)37-29(39)25(13-19-15-34-24-11-7-5-9-21(19)24)35-30(40)26(16-43)36-28(38)22(32)12-18-14-33-23-10-6-4-8-20(18)23/h4-11,14-15,17,22,25-27,33-34,43H,3,12-13,16,32H2,1-2H3,(H,35,40)(H,36,38)(H,37,39)(H,41,42). The molecule has 0 saturated carbocycles. The van der Waals surface area contributed by atoms with E-state index in [0.29, 0.717) is 6.42 Å². The predicted molar refractivity (Wildman–Crippen MR) is 169 cm³/mol. The Bertz CT molecular complexity index is 1600. The number of benzene rings is 2. The summed E-state index contributed by atoms with van der Waals surface area (Å²) in [4.78, 5) is 58.1. The summed E-state index contributed by atoms with van der Waals surface area (Å²) < 4.78 is 0. The number of para-hydroxylation sites is 2. The molecule has 0 radical (unpaired) electrons. The zero-order chi connectivity index (χ0) is 31.1. The summed E-state index contributed by atoms with van der Waals surface area (Å²) in [6, 6.07) is 10.9. The van der Waals surface area contributed by atoms with Gasteiger partial charge in [0.25, 0.3) is 0 Å². The van der Waals surface area contributed by atoms with Crippen LogP contribution in [0.3, 0.4) is 0 Å². The molecule has 5 unspecified atom stereocenters. The van der Waals surface area contributed by atoms with Crippen molar-refractivity contribution in [3.05, 3.63) is 72.1 Å². The number of nitrogens with one attached hydrogen (secondary N) is 5. The lowest BCUT2D eigenvalue weighted by atomic mass is 9.98. The monoisotopic (exact) mass is 606 g/mol. The maximum Gasteiger partial charge on any atom is 0.326 e. The Morgan fingerprint density at radius 2 is 1.33 bits per heavy atom. The van der Waals surface area contributed by atoms with Crippen molar-refractivity contribution in [3.8, 4) is 0 Å². The normalized spacial score (nSPS) is 14.9. The van der Waals surface area contributed by atoms with E-state index in [4.69, 9.17) is 5.73 Å². The minimum absolute atomic E-state index is 0.0522. The van der Waals surface area contributed by atoms with Crippen molar-refractivity contribution in [1.29, 1.82) is 0 Å². The van der Waals surface area contributed by atoms with E-state index in [1.165, 1.54) is 0 Å². The number of hydrogen-bond acceptors (Lipinski definition) is 6. The highest BCUT2D eigenvalue weighted by Crippen LogP contribution is 2.20. The van der Waals surface area contributed by atoms with E-state index in [1.807, 2.05) is 55.5 Å². The van der Waals surface area contributed by atoms with Gasteiger partial charge in [-0.3, -0.25) is 14.4 Å². The number of hydrogen-bond donors (Lipinski definition) is 8. The number of carboxylic acid groups (broad SMARTS) is 1. The van der Waals surface area contributed by atoms with E-state index in [0.717, 1.165) is 32.9 Å². The highest BCUT2D eigenvalue weighted by atomic mass is 32.1. The number of carbonyl (C=O) groups is 4. The van der Waals surface area contributed by atoms with Crippen LogP contribution in [0.2, 0.25) is 0 Å². The van der Waals surface area contributed by atoms with Crippen LogP contribution in [0, 0.1) is 5.92 Å². The highest BCUT2D eigenvalue weighted by molar-refractivity contribution is 7.80. The first-order valence-corrected chi connectivity index (χ1v) is 14.9. The third kappa shape index (κ3) is 7.57. The quantitative estimate of drug-likeness (QED) is 0.102. The van der Waals surface area contributed by atoms with Gasteiger partial charge >= 0.3 is 5.97 Å². The van der Waals surface area contributed by atoms with Crippen molar-refractivity contribution in [3.63, 3.8) is 0 Å². The minimum atomic E-state index is -1.16. The first kappa shape index (κ1) is 31.6. The molecule has 4 aromatic rings. The van der Waals surface area contributed by atoms with Gasteiger partial charge in [0.05, 0.1) is 6.04 Å². The lowest BCUT2D eigenvalue weighted by molar-refractivity contribution is -0.143. The lowest BCUT2D eigenvalue weighted by Gasteiger charge is -2.26. The Balaban J connectivity index is 1.49. The van der Waals surface area contributed by atoms with Gasteiger partial charge in [0.1, 0.15) is 18.1 Å². The second-order valence-corrected chi connectivity index (χ2v) is 11.1. The highest BCUT2D eigenvalue weighted by Gasteiger charge is 2.32. The second-order valence-electron chi connectivity index (χ2n) is 10.7. The molecule has 3 amide bonds. The molecule has 0 aliphatic carbocycles. The SMILES string of the molecule is CCC(C)C(NC(=O)C(Cc1c[nH]c2ccccc12)NC(=O)C(CS)NC(=O)C(N)Cc1c[nH]c2ccccc12)C(=O)O. The van der Waals surface area contributed by atoms with Gasteiger partial charge in [0, 0.05) is 46.4 Å². The van der Waals surface area contributed by atoms with Crippen molar-refractivity contribution < 1.29 is 24.3 Å². The van der Waals surface area contributed by atoms with Gasteiger partial charge in [-0.15, -0.1) is 0 Å². The summed E-state index contributed by atoms with van der Waals surface area (Å²) in [5.74, 6) is -3.38. The molecule has 2 aromatic carbocycles. The first-order chi connectivity index (χ1) is 20.6. The van der Waals surface area contributed by atoms with Crippen molar-refractivity contribution in [1.82, 2.24) is 25.9 Å². The number of fused-ring (bicyclic) bond motifs is 2. The Labute approximate surface area is 254 Å². The Morgan fingerprint density at radius 1 is 0.814 bits per heavy atom. The van der Waals surface area contributed by atoms with Gasteiger partial charge in [0.2, 0.25) is 17.7 Å². The third-order valence-corrected chi connectivity index (χ3v) is 8.14. The molecule has 12 heteroatoms. The average molecular weight is 607 g/mol. The molecule has 4 rings (SSSR count). The Kier molecular flexibility index (Phi) is 10.5. The van der Waals surface area contributed by atoms with Crippen LogP contribution < -0.4 is 21.7 Å². The van der Waals surface area contributed by atoms with E-state index in [-0.39, 0.29) is 24.5 Å². The molecule has 0 aliphatic heterocycles. The van der Waals surface area contributed by atoms with Crippen molar-refractivity contribution in [2.75, 3.05) is 5.75 Å². The van der Waals surface area contributed by atoms with Gasteiger partial charge in [0.15, 0.2) is 0 Å². The lowest BCUT2D eigenvalue weighted by Crippen LogP contribution is -2.58. The summed E-state index contributed by atoms with van der Waals surface area (Å²) in [7, 11) is 0. The molecular formula is C31H38N6O5S. The number of rotatable bonds is 14. The molecule has 8 N–H and O–H groups in total. The number of carboxylic acids is 1. The topological polar surface area (TPSA) is 182 Å². The largest absolute Gasteiger partial charge is 0.480 e. The molecule has 0 saturated heterocycles. The van der Waals surface area contributed by atoms with Crippen LogP contribution in [0.1, 0.15) is 31.4 Å². The Morgan fingerprint density at radius 3 is 1.86 bits per heavy atom. The fourth-order valence-corrected chi connectivity index (χ4v) is 5.30. The van der Waals surface area contributed by atoms with Crippen molar-refractivity contribution in [2.24, 2.45) is 11.7 Å². The van der Waals surface area contributed by atoms with Crippen LogP contribution in [0.15, 0.2) is 60.9 Å². The molecule has 2 aromatic heterocycles. The van der Waals surface area contributed by atoms with E-state index >= 15 is 0 Å². The minimum Gasteiger partial charge on any atom is -0.480 e. The first-order valence-electron chi connectivity index (χ1n) is 14.2. The van der Waals surface area contributed by atoms with Crippen molar-refractivity contribution in [2.45, 2.75) is 57.3 Å².